The normalized spacial score (nSPS) is 19.0. The summed E-state index contributed by atoms with van der Waals surface area (Å²) in [4.78, 5) is 22.1. The van der Waals surface area contributed by atoms with Gasteiger partial charge in [-0.2, -0.15) is 5.10 Å². The van der Waals surface area contributed by atoms with Crippen molar-refractivity contribution in [2.75, 3.05) is 44.7 Å². The number of carbonyl (C=O) groups excluding carboxylic acids is 1. The van der Waals surface area contributed by atoms with E-state index in [1.54, 1.807) is 17.8 Å². The number of anilines is 1. The van der Waals surface area contributed by atoms with Gasteiger partial charge in [0, 0.05) is 56.8 Å². The summed E-state index contributed by atoms with van der Waals surface area (Å²) in [5.41, 5.74) is 4.59. The molecule has 3 atom stereocenters. The van der Waals surface area contributed by atoms with Crippen molar-refractivity contribution in [2.45, 2.75) is 32.4 Å². The summed E-state index contributed by atoms with van der Waals surface area (Å²) in [5, 5.41) is 8.34. The lowest BCUT2D eigenvalue weighted by Gasteiger charge is -2.29. The number of ether oxygens (including phenoxy) is 2. The van der Waals surface area contributed by atoms with E-state index in [0.29, 0.717) is 29.3 Å². The maximum absolute atomic E-state index is 13.1. The van der Waals surface area contributed by atoms with E-state index >= 15 is 0 Å². The molecule has 0 unspecified atom stereocenters. The highest BCUT2D eigenvalue weighted by Gasteiger charge is 2.37. The average molecular weight is 575 g/mol. The number of amides is 1. The molecule has 4 aromatic rings. The Morgan fingerprint density at radius 1 is 1.07 bits per heavy atom. The Hall–Kier alpha value is -3.82. The Kier molecular flexibility index (Phi) is 7.73. The summed E-state index contributed by atoms with van der Waals surface area (Å²) in [7, 11) is 1.65. The molecular weight excluding hydrogens is 540 g/mol. The number of likely N-dealkylation sites (tertiary alicyclic amines) is 1. The molecule has 2 saturated heterocycles. The summed E-state index contributed by atoms with van der Waals surface area (Å²) >= 11 is 6.54. The largest absolute Gasteiger partial charge is 0.497 e. The van der Waals surface area contributed by atoms with E-state index in [1.807, 2.05) is 60.6 Å². The van der Waals surface area contributed by atoms with Crippen molar-refractivity contribution in [2.24, 2.45) is 5.92 Å². The van der Waals surface area contributed by atoms with E-state index in [0.717, 1.165) is 54.4 Å². The molecule has 10 heteroatoms. The summed E-state index contributed by atoms with van der Waals surface area (Å²) in [6.45, 7) is 8.58. The molecule has 3 aromatic heterocycles. The topological polar surface area (TPSA) is 84.2 Å². The maximum Gasteiger partial charge on any atom is 0.223 e. The molecule has 1 aromatic carbocycles. The fourth-order valence-electron chi connectivity index (χ4n) is 5.75. The molecule has 0 saturated carbocycles. The number of hydrogen-bond donors (Lipinski definition) is 1. The smallest absolute Gasteiger partial charge is 0.223 e. The zero-order valence-electron chi connectivity index (χ0n) is 23.6. The maximum atomic E-state index is 13.1. The van der Waals surface area contributed by atoms with Crippen molar-refractivity contribution >= 4 is 28.7 Å². The van der Waals surface area contributed by atoms with Gasteiger partial charge in [0.1, 0.15) is 23.1 Å². The molecule has 2 aliphatic rings. The number of benzene rings is 1. The quantitative estimate of drug-likeness (QED) is 0.322. The number of piperazine rings is 1. The van der Waals surface area contributed by atoms with Gasteiger partial charge in [-0.05, 0) is 49.7 Å². The number of hydrogen-bond acceptors (Lipinski definition) is 7. The van der Waals surface area contributed by atoms with Crippen LogP contribution in [0.25, 0.3) is 16.8 Å². The Bertz CT molecular complexity index is 1520. The lowest BCUT2D eigenvalue weighted by molar-refractivity contribution is -0.129. The molecule has 1 N–H and O–H groups in total. The van der Waals surface area contributed by atoms with Crippen LogP contribution in [0.2, 0.25) is 5.02 Å². The predicted molar refractivity (Wildman–Crippen MR) is 160 cm³/mol. The van der Waals surface area contributed by atoms with Gasteiger partial charge in [-0.15, -0.1) is 0 Å². The van der Waals surface area contributed by atoms with Gasteiger partial charge in [-0.25, -0.2) is 4.52 Å². The number of rotatable bonds is 8. The van der Waals surface area contributed by atoms with E-state index in [-0.39, 0.29) is 24.0 Å². The van der Waals surface area contributed by atoms with Crippen LogP contribution in [0, 0.1) is 5.92 Å². The first-order valence-electron chi connectivity index (χ1n) is 14.1. The van der Waals surface area contributed by atoms with Crippen LogP contribution in [0.15, 0.2) is 61.1 Å². The van der Waals surface area contributed by atoms with Crippen molar-refractivity contribution < 1.29 is 14.3 Å². The number of aromatic nitrogens is 3. The van der Waals surface area contributed by atoms with Crippen LogP contribution in [-0.4, -0.2) is 71.3 Å². The molecule has 9 nitrogen and oxygen atoms in total. The summed E-state index contributed by atoms with van der Waals surface area (Å²) in [6, 6.07) is 14.0. The molecule has 0 bridgehead atoms. The number of fused-ring (bicyclic) bond motifs is 1. The molecule has 6 rings (SSSR count). The monoisotopic (exact) mass is 574 g/mol. The third-order valence-electron chi connectivity index (χ3n) is 8.29. The van der Waals surface area contributed by atoms with Gasteiger partial charge in [0.15, 0.2) is 0 Å². The van der Waals surface area contributed by atoms with E-state index in [9.17, 15) is 4.79 Å². The minimum Gasteiger partial charge on any atom is -0.497 e. The number of nitrogens with one attached hydrogen (secondary N) is 1. The summed E-state index contributed by atoms with van der Waals surface area (Å²) in [6.07, 6.45) is 5.67. The standard InChI is InChI=1S/C31H35ClN6O3/c1-20(22-4-7-26(40-3)8-5-22)37-18-23(15-30(37)39)21(2)41-29-14-24(19-38-31(29)27(32)17-35-38)28-9-6-25(16-34-28)36-12-10-33-11-13-36/h4-9,14,16-17,19-21,23,33H,10-13,15,18H2,1-3H3/t20-,21-,23-/m1/s1. The minimum absolute atomic E-state index is 0.0324. The molecule has 0 spiro atoms. The fourth-order valence-corrected chi connectivity index (χ4v) is 5.98. The first-order chi connectivity index (χ1) is 19.9. The van der Waals surface area contributed by atoms with Crippen molar-refractivity contribution in [3.63, 3.8) is 0 Å². The van der Waals surface area contributed by atoms with Crippen LogP contribution in [0.3, 0.4) is 0 Å². The summed E-state index contributed by atoms with van der Waals surface area (Å²) < 4.78 is 13.6. The lowest BCUT2D eigenvalue weighted by Crippen LogP contribution is -2.43. The zero-order chi connectivity index (χ0) is 28.5. The Labute approximate surface area is 245 Å². The molecule has 214 valence electrons. The van der Waals surface area contributed by atoms with Crippen molar-refractivity contribution in [1.29, 1.82) is 0 Å². The van der Waals surface area contributed by atoms with E-state index in [4.69, 9.17) is 26.1 Å². The van der Waals surface area contributed by atoms with Crippen LogP contribution >= 0.6 is 11.6 Å². The second-order valence-corrected chi connectivity index (χ2v) is 11.2. The lowest BCUT2D eigenvalue weighted by atomic mass is 10.0. The number of nitrogens with zero attached hydrogens (tertiary/aromatic N) is 5. The number of halogens is 1. The van der Waals surface area contributed by atoms with Gasteiger partial charge in [0.05, 0.1) is 41.9 Å². The van der Waals surface area contributed by atoms with Gasteiger partial charge in [-0.3, -0.25) is 9.78 Å². The van der Waals surface area contributed by atoms with Crippen LogP contribution in [0.4, 0.5) is 5.69 Å². The number of methoxy groups -OCH3 is 1. The number of pyridine rings is 2. The van der Waals surface area contributed by atoms with Crippen LogP contribution in [0.5, 0.6) is 11.5 Å². The SMILES string of the molecule is COc1ccc([C@@H](C)N2C[C@H]([C@@H](C)Oc3cc(-c4ccc(N5CCNCC5)cn4)cn4ncc(Cl)c34)CC2=O)cc1. The second kappa shape index (κ2) is 11.6. The Morgan fingerprint density at radius 3 is 2.56 bits per heavy atom. The van der Waals surface area contributed by atoms with Crippen LogP contribution in [-0.2, 0) is 4.79 Å². The van der Waals surface area contributed by atoms with Crippen LogP contribution in [0.1, 0.15) is 31.9 Å². The first-order valence-corrected chi connectivity index (χ1v) is 14.5. The van der Waals surface area contributed by atoms with Crippen molar-refractivity contribution in [1.82, 2.24) is 24.8 Å². The molecule has 2 aliphatic heterocycles. The van der Waals surface area contributed by atoms with E-state index in [1.165, 1.54) is 0 Å². The van der Waals surface area contributed by atoms with Gasteiger partial charge in [0.25, 0.3) is 0 Å². The molecule has 1 amide bonds. The molecule has 0 aliphatic carbocycles. The Morgan fingerprint density at radius 2 is 1.85 bits per heavy atom. The third kappa shape index (κ3) is 5.56. The van der Waals surface area contributed by atoms with E-state index < -0.39 is 0 Å². The highest BCUT2D eigenvalue weighted by atomic mass is 35.5. The molecular formula is C31H35ClN6O3. The Balaban J connectivity index is 1.21. The zero-order valence-corrected chi connectivity index (χ0v) is 24.3. The number of carbonyl (C=O) groups is 1. The second-order valence-electron chi connectivity index (χ2n) is 10.8. The van der Waals surface area contributed by atoms with Gasteiger partial charge in [0.2, 0.25) is 5.91 Å². The summed E-state index contributed by atoms with van der Waals surface area (Å²) in [5.74, 6) is 1.58. The van der Waals surface area contributed by atoms with E-state index in [2.05, 4.69) is 28.3 Å². The molecule has 0 radical (unpaired) electrons. The van der Waals surface area contributed by atoms with Crippen molar-refractivity contribution in [3.8, 4) is 22.8 Å². The van der Waals surface area contributed by atoms with Crippen LogP contribution < -0.4 is 19.7 Å². The van der Waals surface area contributed by atoms with Crippen molar-refractivity contribution in [3.05, 3.63) is 71.6 Å². The highest BCUT2D eigenvalue weighted by Crippen LogP contribution is 2.36. The van der Waals surface area contributed by atoms with Gasteiger partial charge < -0.3 is 24.6 Å². The molecule has 5 heterocycles. The average Bonchev–Trinajstić information content (AvgIpc) is 3.59. The predicted octanol–water partition coefficient (Wildman–Crippen LogP) is 4.84. The third-order valence-corrected chi connectivity index (χ3v) is 8.57. The molecule has 2 fully saturated rings. The molecule has 41 heavy (non-hydrogen) atoms. The van der Waals surface area contributed by atoms with Gasteiger partial charge in [-0.1, -0.05) is 23.7 Å². The highest BCUT2D eigenvalue weighted by molar-refractivity contribution is 6.34. The fraction of sp³-hybridized carbons (Fsp3) is 0.387. The van der Waals surface area contributed by atoms with Gasteiger partial charge >= 0.3 is 0 Å². The minimum atomic E-state index is -0.222. The first kappa shape index (κ1) is 27.4.